The van der Waals surface area contributed by atoms with Crippen molar-refractivity contribution in [3.63, 3.8) is 0 Å². The number of hydrogen-bond acceptors (Lipinski definition) is 2. The van der Waals surface area contributed by atoms with Gasteiger partial charge in [0.2, 0.25) is 5.91 Å². The number of carboxylic acids is 1. The highest BCUT2D eigenvalue weighted by atomic mass is 16.4. The van der Waals surface area contributed by atoms with E-state index >= 15 is 0 Å². The minimum Gasteiger partial charge on any atom is -0.481 e. The van der Waals surface area contributed by atoms with Crippen molar-refractivity contribution in [2.75, 3.05) is 6.54 Å². The van der Waals surface area contributed by atoms with Crippen LogP contribution >= 0.6 is 0 Å². The average Bonchev–Trinajstić information content (AvgIpc) is 2.49. The number of rotatable bonds is 6. The molecule has 0 fully saturated rings. The van der Waals surface area contributed by atoms with E-state index in [2.05, 4.69) is 6.92 Å². The van der Waals surface area contributed by atoms with Crippen molar-refractivity contribution in [1.29, 1.82) is 0 Å². The fourth-order valence-electron chi connectivity index (χ4n) is 2.81. The maximum atomic E-state index is 12.6. The Bertz CT molecular complexity index is 536. The lowest BCUT2D eigenvalue weighted by molar-refractivity contribution is -0.137. The van der Waals surface area contributed by atoms with Gasteiger partial charge in [0.15, 0.2) is 0 Å². The molecule has 4 heteroatoms. The van der Waals surface area contributed by atoms with E-state index in [1.54, 1.807) is 0 Å². The molecule has 1 atom stereocenters. The third kappa shape index (κ3) is 3.72. The molecule has 1 aromatic rings. The van der Waals surface area contributed by atoms with E-state index in [1.165, 1.54) is 0 Å². The molecule has 0 saturated carbocycles. The lowest BCUT2D eigenvalue weighted by Gasteiger charge is -2.34. The maximum Gasteiger partial charge on any atom is 0.303 e. The number of carbonyl (C=O) groups is 2. The second-order valence-corrected chi connectivity index (χ2v) is 5.25. The first-order valence-corrected chi connectivity index (χ1v) is 7.40. The summed E-state index contributed by atoms with van der Waals surface area (Å²) in [6, 6.07) is 10.1. The summed E-state index contributed by atoms with van der Waals surface area (Å²) in [5, 5.41) is 8.78. The highest BCUT2D eigenvalue weighted by molar-refractivity contribution is 5.95. The minimum absolute atomic E-state index is 0.00748. The molecule has 0 spiro atoms. The molecule has 0 bridgehead atoms. The molecule has 1 heterocycles. The van der Waals surface area contributed by atoms with Gasteiger partial charge >= 0.3 is 5.97 Å². The van der Waals surface area contributed by atoms with E-state index < -0.39 is 5.97 Å². The molecule has 1 aliphatic heterocycles. The number of carbonyl (C=O) groups excluding carboxylic acids is 1. The van der Waals surface area contributed by atoms with Gasteiger partial charge < -0.3 is 10.0 Å². The van der Waals surface area contributed by atoms with Crippen LogP contribution in [0.4, 0.5) is 0 Å². The molecule has 0 aliphatic carbocycles. The highest BCUT2D eigenvalue weighted by Gasteiger charge is 2.28. The minimum atomic E-state index is -0.865. The van der Waals surface area contributed by atoms with Crippen LogP contribution < -0.4 is 0 Å². The first-order valence-electron chi connectivity index (χ1n) is 7.40. The predicted octanol–water partition coefficient (Wildman–Crippen LogP) is 3.16. The lowest BCUT2D eigenvalue weighted by atomic mass is 9.97. The fourth-order valence-corrected chi connectivity index (χ4v) is 2.81. The molecule has 1 aromatic carbocycles. The second-order valence-electron chi connectivity index (χ2n) is 5.25. The van der Waals surface area contributed by atoms with Gasteiger partial charge in [0.05, 0.1) is 6.04 Å². The van der Waals surface area contributed by atoms with Crippen molar-refractivity contribution in [2.45, 2.75) is 38.6 Å². The normalized spacial score (nSPS) is 16.5. The van der Waals surface area contributed by atoms with Crippen molar-refractivity contribution in [1.82, 2.24) is 4.90 Å². The Kier molecular flexibility index (Phi) is 5.14. The first kappa shape index (κ1) is 15.3. The molecular weight excluding hydrogens is 266 g/mol. The topological polar surface area (TPSA) is 57.6 Å². The van der Waals surface area contributed by atoms with Crippen molar-refractivity contribution in [3.05, 3.63) is 47.5 Å². The molecule has 1 N–H and O–H groups in total. The van der Waals surface area contributed by atoms with E-state index in [1.807, 2.05) is 41.3 Å². The Labute approximate surface area is 125 Å². The summed E-state index contributed by atoms with van der Waals surface area (Å²) in [6.45, 7) is 2.77. The molecule has 112 valence electrons. The molecule has 21 heavy (non-hydrogen) atoms. The van der Waals surface area contributed by atoms with E-state index in [9.17, 15) is 9.59 Å². The van der Waals surface area contributed by atoms with Crippen LogP contribution in [-0.4, -0.2) is 28.4 Å². The second kappa shape index (κ2) is 7.07. The number of benzene rings is 1. The summed E-state index contributed by atoms with van der Waals surface area (Å²) in [7, 11) is 0. The van der Waals surface area contributed by atoms with Crippen molar-refractivity contribution in [3.8, 4) is 0 Å². The summed E-state index contributed by atoms with van der Waals surface area (Å²) in [4.78, 5) is 25.1. The number of amides is 1. The van der Waals surface area contributed by atoms with Gasteiger partial charge in [0.1, 0.15) is 0 Å². The molecule has 2 rings (SSSR count). The van der Waals surface area contributed by atoms with Gasteiger partial charge in [-0.05, 0) is 24.8 Å². The van der Waals surface area contributed by atoms with Gasteiger partial charge in [-0.2, -0.15) is 0 Å². The van der Waals surface area contributed by atoms with Gasteiger partial charge in [-0.15, -0.1) is 0 Å². The van der Waals surface area contributed by atoms with Crippen LogP contribution in [0.5, 0.6) is 0 Å². The van der Waals surface area contributed by atoms with Crippen LogP contribution in [0.25, 0.3) is 0 Å². The van der Waals surface area contributed by atoms with E-state index in [0.717, 1.165) is 18.4 Å². The average molecular weight is 287 g/mol. The van der Waals surface area contributed by atoms with E-state index in [0.29, 0.717) is 18.5 Å². The Balaban J connectivity index is 2.14. The van der Waals surface area contributed by atoms with Gasteiger partial charge in [0.25, 0.3) is 0 Å². The SMILES string of the molecule is CCC(c1ccccc1)N1CCC=C(CCC(=O)O)C1=O. The predicted molar refractivity (Wildman–Crippen MR) is 80.8 cm³/mol. The third-order valence-corrected chi connectivity index (χ3v) is 3.85. The molecule has 0 radical (unpaired) electrons. The molecule has 1 aliphatic rings. The Morgan fingerprint density at radius 1 is 1.33 bits per heavy atom. The Morgan fingerprint density at radius 2 is 2.05 bits per heavy atom. The van der Waals surface area contributed by atoms with E-state index in [-0.39, 0.29) is 18.4 Å². The number of hydrogen-bond donors (Lipinski definition) is 1. The number of carboxylic acid groups (broad SMARTS) is 1. The van der Waals surface area contributed by atoms with Gasteiger partial charge in [0, 0.05) is 18.5 Å². The summed E-state index contributed by atoms with van der Waals surface area (Å²) < 4.78 is 0. The lowest BCUT2D eigenvalue weighted by Crippen LogP contribution is -2.38. The molecule has 0 aromatic heterocycles. The Morgan fingerprint density at radius 3 is 2.67 bits per heavy atom. The van der Waals surface area contributed by atoms with Gasteiger partial charge in [-0.3, -0.25) is 9.59 Å². The van der Waals surface area contributed by atoms with Crippen LogP contribution in [0.2, 0.25) is 0 Å². The van der Waals surface area contributed by atoms with E-state index in [4.69, 9.17) is 5.11 Å². The van der Waals surface area contributed by atoms with Crippen molar-refractivity contribution < 1.29 is 14.7 Å². The van der Waals surface area contributed by atoms with Crippen LogP contribution in [-0.2, 0) is 9.59 Å². The summed E-state index contributed by atoms with van der Waals surface area (Å²) in [5.41, 5.74) is 1.77. The van der Waals surface area contributed by atoms with Gasteiger partial charge in [-0.25, -0.2) is 0 Å². The van der Waals surface area contributed by atoms with Crippen LogP contribution in [0.1, 0.15) is 44.2 Å². The third-order valence-electron chi connectivity index (χ3n) is 3.85. The molecular formula is C17H21NO3. The number of aliphatic carboxylic acids is 1. The maximum absolute atomic E-state index is 12.6. The smallest absolute Gasteiger partial charge is 0.303 e. The molecule has 1 amide bonds. The quantitative estimate of drug-likeness (QED) is 0.874. The van der Waals surface area contributed by atoms with Gasteiger partial charge in [-0.1, -0.05) is 43.3 Å². The van der Waals surface area contributed by atoms with Crippen LogP contribution in [0.3, 0.4) is 0 Å². The standard InChI is InChI=1S/C17H21NO3/c1-2-15(13-7-4-3-5-8-13)18-12-6-9-14(17(18)21)10-11-16(19)20/h3-5,7-9,15H,2,6,10-12H2,1H3,(H,19,20). The zero-order valence-corrected chi connectivity index (χ0v) is 12.3. The number of nitrogens with zero attached hydrogens (tertiary/aromatic N) is 1. The monoisotopic (exact) mass is 287 g/mol. The van der Waals surface area contributed by atoms with Crippen LogP contribution in [0.15, 0.2) is 42.0 Å². The first-order chi connectivity index (χ1) is 10.1. The summed E-state index contributed by atoms with van der Waals surface area (Å²) in [6.07, 6.45) is 3.86. The highest BCUT2D eigenvalue weighted by Crippen LogP contribution is 2.29. The summed E-state index contributed by atoms with van der Waals surface area (Å²) >= 11 is 0. The largest absolute Gasteiger partial charge is 0.481 e. The zero-order valence-electron chi connectivity index (χ0n) is 12.3. The fraction of sp³-hybridized carbons (Fsp3) is 0.412. The zero-order chi connectivity index (χ0) is 15.2. The molecule has 4 nitrogen and oxygen atoms in total. The Hall–Kier alpha value is -2.10. The van der Waals surface area contributed by atoms with Crippen molar-refractivity contribution in [2.24, 2.45) is 0 Å². The van der Waals surface area contributed by atoms with Crippen molar-refractivity contribution >= 4 is 11.9 Å². The van der Waals surface area contributed by atoms with Crippen LogP contribution in [0, 0.1) is 0 Å². The molecule has 1 unspecified atom stereocenters. The summed E-state index contributed by atoms with van der Waals surface area (Å²) in [5.74, 6) is -0.880. The molecule has 0 saturated heterocycles.